The van der Waals surface area contributed by atoms with Gasteiger partial charge in [-0.15, -0.1) is 11.3 Å². The molecule has 96 valence electrons. The Balaban J connectivity index is 2.63. The van der Waals surface area contributed by atoms with Crippen LogP contribution in [0.15, 0.2) is 5.38 Å². The quantitative estimate of drug-likeness (QED) is 0.821. The summed E-state index contributed by atoms with van der Waals surface area (Å²) < 4.78 is 0. The standard InChI is InChI=1S/C12H20N2O2S/c1-5-12(4,11(15)16)13-6-9-7-17-10(14-9)8(2)3/h7-8,13H,5-6H2,1-4H3,(H,15,16). The van der Waals surface area contributed by atoms with E-state index in [1.165, 1.54) is 0 Å². The fourth-order valence-electron chi connectivity index (χ4n) is 1.31. The van der Waals surface area contributed by atoms with Gasteiger partial charge < -0.3 is 5.11 Å². The van der Waals surface area contributed by atoms with E-state index in [1.54, 1.807) is 18.3 Å². The van der Waals surface area contributed by atoms with Gasteiger partial charge in [0.05, 0.1) is 10.7 Å². The zero-order valence-corrected chi connectivity index (χ0v) is 11.6. The van der Waals surface area contributed by atoms with Gasteiger partial charge >= 0.3 is 5.97 Å². The average Bonchev–Trinajstić information content (AvgIpc) is 2.74. The number of carbonyl (C=O) groups is 1. The smallest absolute Gasteiger partial charge is 0.323 e. The maximum atomic E-state index is 11.1. The van der Waals surface area contributed by atoms with E-state index < -0.39 is 11.5 Å². The number of nitrogens with one attached hydrogen (secondary N) is 1. The van der Waals surface area contributed by atoms with Crippen LogP contribution in [0.5, 0.6) is 0 Å². The van der Waals surface area contributed by atoms with Gasteiger partial charge in [-0.3, -0.25) is 10.1 Å². The molecule has 0 aliphatic carbocycles. The molecule has 0 saturated carbocycles. The van der Waals surface area contributed by atoms with Crippen LogP contribution in [0, 0.1) is 0 Å². The maximum absolute atomic E-state index is 11.1. The molecule has 0 saturated heterocycles. The summed E-state index contributed by atoms with van der Waals surface area (Å²) in [6.45, 7) is 8.26. The predicted molar refractivity (Wildman–Crippen MR) is 69.4 cm³/mol. The Morgan fingerprint density at radius 1 is 1.65 bits per heavy atom. The van der Waals surface area contributed by atoms with E-state index in [1.807, 2.05) is 12.3 Å². The Morgan fingerprint density at radius 2 is 2.29 bits per heavy atom. The first-order chi connectivity index (χ1) is 7.89. The van der Waals surface area contributed by atoms with Crippen LogP contribution >= 0.6 is 11.3 Å². The van der Waals surface area contributed by atoms with Crippen molar-refractivity contribution >= 4 is 17.3 Å². The zero-order valence-electron chi connectivity index (χ0n) is 10.8. The first-order valence-electron chi connectivity index (χ1n) is 5.81. The van der Waals surface area contributed by atoms with Crippen LogP contribution in [0.3, 0.4) is 0 Å². The van der Waals surface area contributed by atoms with Gasteiger partial charge in [0.25, 0.3) is 0 Å². The maximum Gasteiger partial charge on any atom is 0.323 e. The SMILES string of the molecule is CCC(C)(NCc1csc(C(C)C)n1)C(=O)O. The topological polar surface area (TPSA) is 62.2 Å². The second-order valence-electron chi connectivity index (χ2n) is 4.68. The molecule has 17 heavy (non-hydrogen) atoms. The molecule has 2 N–H and O–H groups in total. The highest BCUT2D eigenvalue weighted by Gasteiger charge is 2.30. The number of carboxylic acid groups (broad SMARTS) is 1. The van der Waals surface area contributed by atoms with Crippen molar-refractivity contribution in [1.82, 2.24) is 10.3 Å². The third kappa shape index (κ3) is 3.51. The van der Waals surface area contributed by atoms with E-state index in [4.69, 9.17) is 5.11 Å². The molecule has 0 fully saturated rings. The summed E-state index contributed by atoms with van der Waals surface area (Å²) in [6, 6.07) is 0. The van der Waals surface area contributed by atoms with Gasteiger partial charge in [-0.25, -0.2) is 4.98 Å². The number of nitrogens with zero attached hydrogens (tertiary/aromatic N) is 1. The van der Waals surface area contributed by atoms with E-state index in [-0.39, 0.29) is 0 Å². The van der Waals surface area contributed by atoms with Gasteiger partial charge in [-0.1, -0.05) is 20.8 Å². The molecule has 1 aromatic rings. The van der Waals surface area contributed by atoms with Crippen molar-refractivity contribution in [1.29, 1.82) is 0 Å². The van der Waals surface area contributed by atoms with Gasteiger partial charge in [-0.2, -0.15) is 0 Å². The summed E-state index contributed by atoms with van der Waals surface area (Å²) in [5, 5.41) is 15.3. The van der Waals surface area contributed by atoms with Crippen molar-refractivity contribution < 1.29 is 9.90 Å². The molecule has 0 amide bonds. The summed E-state index contributed by atoms with van der Waals surface area (Å²) in [5.74, 6) is -0.398. The Morgan fingerprint density at radius 3 is 2.71 bits per heavy atom. The molecule has 5 heteroatoms. The lowest BCUT2D eigenvalue weighted by atomic mass is 9.99. The molecule has 1 atom stereocenters. The van der Waals surface area contributed by atoms with Gasteiger partial charge in [0, 0.05) is 17.8 Å². The molecule has 1 rings (SSSR count). The first kappa shape index (κ1) is 14.1. The summed E-state index contributed by atoms with van der Waals surface area (Å²) in [6.07, 6.45) is 0.545. The minimum absolute atomic E-state index is 0.422. The number of thiazole rings is 1. The Labute approximate surface area is 106 Å². The predicted octanol–water partition coefficient (Wildman–Crippen LogP) is 2.61. The van der Waals surface area contributed by atoms with Crippen molar-refractivity contribution in [2.24, 2.45) is 0 Å². The van der Waals surface area contributed by atoms with Crippen LogP contribution in [-0.2, 0) is 11.3 Å². The average molecular weight is 256 g/mol. The molecule has 0 aromatic carbocycles. The second-order valence-corrected chi connectivity index (χ2v) is 5.57. The number of hydrogen-bond donors (Lipinski definition) is 2. The molecular weight excluding hydrogens is 236 g/mol. The van der Waals surface area contributed by atoms with Crippen molar-refractivity contribution in [3.8, 4) is 0 Å². The van der Waals surface area contributed by atoms with E-state index in [0.717, 1.165) is 10.7 Å². The molecule has 0 bridgehead atoms. The molecule has 0 aliphatic rings. The number of carboxylic acids is 1. The Hall–Kier alpha value is -0.940. The lowest BCUT2D eigenvalue weighted by Gasteiger charge is -2.24. The third-order valence-electron chi connectivity index (χ3n) is 2.90. The molecule has 0 aliphatic heterocycles. The monoisotopic (exact) mass is 256 g/mol. The fraction of sp³-hybridized carbons (Fsp3) is 0.667. The van der Waals surface area contributed by atoms with E-state index in [2.05, 4.69) is 24.1 Å². The molecule has 0 spiro atoms. The molecule has 1 unspecified atom stereocenters. The van der Waals surface area contributed by atoms with Gasteiger partial charge in [0.1, 0.15) is 5.54 Å². The van der Waals surface area contributed by atoms with E-state index in [9.17, 15) is 4.79 Å². The lowest BCUT2D eigenvalue weighted by molar-refractivity contribution is -0.144. The van der Waals surface area contributed by atoms with E-state index in [0.29, 0.717) is 18.9 Å². The Kier molecular flexibility index (Phi) is 4.65. The highest BCUT2D eigenvalue weighted by atomic mass is 32.1. The third-order valence-corrected chi connectivity index (χ3v) is 4.10. The molecule has 4 nitrogen and oxygen atoms in total. The van der Waals surface area contributed by atoms with Crippen LogP contribution < -0.4 is 5.32 Å². The normalized spacial score (nSPS) is 14.9. The Bertz CT molecular complexity index is 390. The highest BCUT2D eigenvalue weighted by molar-refractivity contribution is 7.09. The fourth-order valence-corrected chi connectivity index (χ4v) is 2.14. The molecule has 0 radical (unpaired) electrons. The molecule has 1 heterocycles. The number of rotatable bonds is 6. The van der Waals surface area contributed by atoms with Crippen molar-refractivity contribution in [2.75, 3.05) is 0 Å². The van der Waals surface area contributed by atoms with Crippen molar-refractivity contribution in [3.05, 3.63) is 16.1 Å². The molecule has 1 aromatic heterocycles. The minimum atomic E-state index is -0.873. The van der Waals surface area contributed by atoms with Crippen molar-refractivity contribution in [2.45, 2.75) is 52.1 Å². The summed E-state index contributed by atoms with van der Waals surface area (Å²) in [4.78, 5) is 15.6. The largest absolute Gasteiger partial charge is 0.480 e. The van der Waals surface area contributed by atoms with Gasteiger partial charge in [0.2, 0.25) is 0 Å². The van der Waals surface area contributed by atoms with Crippen LogP contribution in [0.2, 0.25) is 0 Å². The second kappa shape index (κ2) is 5.60. The van der Waals surface area contributed by atoms with E-state index >= 15 is 0 Å². The summed E-state index contributed by atoms with van der Waals surface area (Å²) in [5.41, 5.74) is 0.0429. The zero-order chi connectivity index (χ0) is 13.1. The minimum Gasteiger partial charge on any atom is -0.480 e. The number of aromatic nitrogens is 1. The van der Waals surface area contributed by atoms with Gasteiger partial charge in [0.15, 0.2) is 0 Å². The van der Waals surface area contributed by atoms with Crippen LogP contribution in [-0.4, -0.2) is 21.6 Å². The van der Waals surface area contributed by atoms with Gasteiger partial charge in [-0.05, 0) is 13.3 Å². The van der Waals surface area contributed by atoms with Crippen LogP contribution in [0.25, 0.3) is 0 Å². The van der Waals surface area contributed by atoms with Crippen molar-refractivity contribution in [3.63, 3.8) is 0 Å². The van der Waals surface area contributed by atoms with Crippen LogP contribution in [0.4, 0.5) is 0 Å². The molecular formula is C12H20N2O2S. The number of aliphatic carboxylic acids is 1. The summed E-state index contributed by atoms with van der Waals surface area (Å²) in [7, 11) is 0. The number of hydrogen-bond acceptors (Lipinski definition) is 4. The highest BCUT2D eigenvalue weighted by Crippen LogP contribution is 2.19. The summed E-state index contributed by atoms with van der Waals surface area (Å²) >= 11 is 1.63. The lowest BCUT2D eigenvalue weighted by Crippen LogP contribution is -2.48. The van der Waals surface area contributed by atoms with Crippen LogP contribution in [0.1, 0.15) is 50.7 Å². The first-order valence-corrected chi connectivity index (χ1v) is 6.69.